The highest BCUT2D eigenvalue weighted by atomic mass is 35.5. The Hall–Kier alpha value is -1.92. The van der Waals surface area contributed by atoms with Gasteiger partial charge in [-0.25, -0.2) is 13.1 Å². The normalized spacial score (nSPS) is 11.2. The van der Waals surface area contributed by atoms with E-state index in [4.69, 9.17) is 11.6 Å². The Balaban J connectivity index is 2.07. The Morgan fingerprint density at radius 1 is 1.18 bits per heavy atom. The van der Waals surface area contributed by atoms with Crippen LogP contribution in [0.15, 0.2) is 47.6 Å². The molecule has 22 heavy (non-hydrogen) atoms. The van der Waals surface area contributed by atoms with E-state index in [1.807, 2.05) is 35.9 Å². The number of nitrogens with zero attached hydrogens (tertiary/aromatic N) is 1. The first-order valence-corrected chi connectivity index (χ1v) is 8.51. The molecule has 0 aliphatic carbocycles. The van der Waals surface area contributed by atoms with Gasteiger partial charge in [-0.15, -0.1) is 0 Å². The van der Waals surface area contributed by atoms with E-state index in [1.54, 1.807) is 0 Å². The van der Waals surface area contributed by atoms with Gasteiger partial charge in [-0.3, -0.25) is 9.78 Å². The molecule has 1 aromatic heterocycles. The van der Waals surface area contributed by atoms with Crippen LogP contribution >= 0.6 is 11.6 Å². The van der Waals surface area contributed by atoms with Crippen molar-refractivity contribution in [1.29, 1.82) is 0 Å². The standard InChI is InChI=1S/C15H15ClN2O3S/c1-2-11-3-5-12(6-4-11)7-15(19)18-22(20,21)14-8-13(16)9-17-10-14/h3-6,8-10H,2,7H2,1H3,(H,18,19). The summed E-state index contributed by atoms with van der Waals surface area (Å²) in [4.78, 5) is 15.5. The van der Waals surface area contributed by atoms with Crippen LogP contribution < -0.4 is 4.72 Å². The molecule has 2 rings (SSSR count). The van der Waals surface area contributed by atoms with Crippen LogP contribution in [0.4, 0.5) is 0 Å². The van der Waals surface area contributed by atoms with Crippen molar-refractivity contribution in [3.63, 3.8) is 0 Å². The van der Waals surface area contributed by atoms with Gasteiger partial charge in [-0.05, 0) is 23.6 Å². The van der Waals surface area contributed by atoms with Gasteiger partial charge < -0.3 is 0 Å². The zero-order valence-electron chi connectivity index (χ0n) is 11.9. The number of halogens is 1. The molecule has 0 atom stereocenters. The van der Waals surface area contributed by atoms with E-state index in [1.165, 1.54) is 12.3 Å². The molecule has 0 saturated carbocycles. The third-order valence-corrected chi connectivity index (χ3v) is 4.58. The first-order chi connectivity index (χ1) is 10.4. The Bertz CT molecular complexity index is 774. The van der Waals surface area contributed by atoms with E-state index in [0.29, 0.717) is 0 Å². The molecule has 1 N–H and O–H groups in total. The van der Waals surface area contributed by atoms with Crippen LogP contribution in [0, 0.1) is 0 Å². The average Bonchev–Trinajstić information content (AvgIpc) is 2.47. The Labute approximate surface area is 134 Å². The monoisotopic (exact) mass is 338 g/mol. The molecule has 116 valence electrons. The molecule has 0 aliphatic heterocycles. The zero-order chi connectivity index (χ0) is 16.2. The minimum atomic E-state index is -3.96. The summed E-state index contributed by atoms with van der Waals surface area (Å²) in [7, 11) is -3.96. The Morgan fingerprint density at radius 3 is 2.41 bits per heavy atom. The number of rotatable bonds is 5. The van der Waals surface area contributed by atoms with Crippen molar-refractivity contribution >= 4 is 27.5 Å². The molecule has 1 aromatic carbocycles. The lowest BCUT2D eigenvalue weighted by Gasteiger charge is -2.07. The third kappa shape index (κ3) is 4.29. The first kappa shape index (κ1) is 16.5. The van der Waals surface area contributed by atoms with Gasteiger partial charge >= 0.3 is 0 Å². The number of pyridine rings is 1. The second-order valence-corrected chi connectivity index (χ2v) is 6.83. The van der Waals surface area contributed by atoms with Crippen molar-refractivity contribution in [1.82, 2.24) is 9.71 Å². The molecule has 0 radical (unpaired) electrons. The molecule has 1 heterocycles. The number of nitrogens with one attached hydrogen (secondary N) is 1. The number of benzene rings is 1. The topological polar surface area (TPSA) is 76.1 Å². The highest BCUT2D eigenvalue weighted by Gasteiger charge is 2.18. The summed E-state index contributed by atoms with van der Waals surface area (Å²) >= 11 is 5.71. The van der Waals surface area contributed by atoms with Crippen molar-refractivity contribution in [3.05, 3.63) is 58.9 Å². The number of hydrogen-bond donors (Lipinski definition) is 1. The smallest absolute Gasteiger partial charge is 0.265 e. The van der Waals surface area contributed by atoms with Gasteiger partial charge in [0.15, 0.2) is 0 Å². The Kier molecular flexibility index (Phi) is 5.15. The summed E-state index contributed by atoms with van der Waals surface area (Å²) in [6.07, 6.45) is 3.34. The summed E-state index contributed by atoms with van der Waals surface area (Å²) in [5.74, 6) is -0.607. The van der Waals surface area contributed by atoms with Crippen molar-refractivity contribution in [2.45, 2.75) is 24.7 Å². The number of amides is 1. The number of aromatic nitrogens is 1. The lowest BCUT2D eigenvalue weighted by atomic mass is 10.1. The van der Waals surface area contributed by atoms with E-state index < -0.39 is 15.9 Å². The lowest BCUT2D eigenvalue weighted by molar-refractivity contribution is -0.118. The van der Waals surface area contributed by atoms with Crippen molar-refractivity contribution in [2.24, 2.45) is 0 Å². The molecule has 0 fully saturated rings. The molecule has 1 amide bonds. The van der Waals surface area contributed by atoms with Gasteiger partial charge in [0.05, 0.1) is 11.4 Å². The van der Waals surface area contributed by atoms with Crippen LogP contribution in [0.25, 0.3) is 0 Å². The van der Waals surface area contributed by atoms with E-state index in [9.17, 15) is 13.2 Å². The number of sulfonamides is 1. The summed E-state index contributed by atoms with van der Waals surface area (Å²) in [6.45, 7) is 2.04. The molecule has 0 unspecified atom stereocenters. The molecule has 5 nitrogen and oxygen atoms in total. The number of carbonyl (C=O) groups is 1. The van der Waals surface area contributed by atoms with Gasteiger partial charge in [-0.2, -0.15) is 0 Å². The fourth-order valence-electron chi connectivity index (χ4n) is 1.86. The van der Waals surface area contributed by atoms with Gasteiger partial charge in [0.25, 0.3) is 10.0 Å². The summed E-state index contributed by atoms with van der Waals surface area (Å²) < 4.78 is 26.1. The van der Waals surface area contributed by atoms with Crippen LogP contribution in [0.2, 0.25) is 5.02 Å². The van der Waals surface area contributed by atoms with Crippen LogP contribution in [0.1, 0.15) is 18.1 Å². The number of carbonyl (C=O) groups excluding carboxylic acids is 1. The fourth-order valence-corrected chi connectivity index (χ4v) is 3.07. The molecule has 0 aliphatic rings. The van der Waals surface area contributed by atoms with E-state index in [0.717, 1.165) is 23.7 Å². The van der Waals surface area contributed by atoms with Crippen molar-refractivity contribution < 1.29 is 13.2 Å². The molecular formula is C15H15ClN2O3S. The highest BCUT2D eigenvalue weighted by molar-refractivity contribution is 7.90. The van der Waals surface area contributed by atoms with Gasteiger partial charge in [0.2, 0.25) is 5.91 Å². The SMILES string of the molecule is CCc1ccc(CC(=O)NS(=O)(=O)c2cncc(Cl)c2)cc1. The number of aryl methyl sites for hydroxylation is 1. The second-order valence-electron chi connectivity index (χ2n) is 4.71. The predicted octanol–water partition coefficient (Wildman–Crippen LogP) is 2.35. The van der Waals surface area contributed by atoms with Crippen molar-refractivity contribution in [3.8, 4) is 0 Å². The van der Waals surface area contributed by atoms with Crippen LogP contribution in [0.3, 0.4) is 0 Å². The predicted molar refractivity (Wildman–Crippen MR) is 84.1 cm³/mol. The first-order valence-electron chi connectivity index (χ1n) is 6.64. The lowest BCUT2D eigenvalue weighted by Crippen LogP contribution is -2.31. The highest BCUT2D eigenvalue weighted by Crippen LogP contribution is 2.13. The maximum Gasteiger partial charge on any atom is 0.265 e. The summed E-state index contributed by atoms with van der Waals surface area (Å²) in [6, 6.07) is 8.69. The quantitative estimate of drug-likeness (QED) is 0.907. The van der Waals surface area contributed by atoms with Crippen LogP contribution in [-0.4, -0.2) is 19.3 Å². The maximum absolute atomic E-state index is 12.1. The largest absolute Gasteiger partial charge is 0.274 e. The minimum Gasteiger partial charge on any atom is -0.274 e. The van der Waals surface area contributed by atoms with E-state index in [-0.39, 0.29) is 16.3 Å². The fraction of sp³-hybridized carbons (Fsp3) is 0.200. The molecule has 0 spiro atoms. The van der Waals surface area contributed by atoms with Crippen LogP contribution in [0.5, 0.6) is 0 Å². The van der Waals surface area contributed by atoms with Gasteiger partial charge in [-0.1, -0.05) is 42.8 Å². The molecule has 0 bridgehead atoms. The molecular weight excluding hydrogens is 324 g/mol. The minimum absolute atomic E-state index is 0.0166. The molecule has 0 saturated heterocycles. The van der Waals surface area contributed by atoms with Gasteiger partial charge in [0, 0.05) is 12.4 Å². The second kappa shape index (κ2) is 6.89. The van der Waals surface area contributed by atoms with E-state index >= 15 is 0 Å². The summed E-state index contributed by atoms with van der Waals surface area (Å²) in [5, 5.41) is 0.186. The zero-order valence-corrected chi connectivity index (χ0v) is 13.5. The van der Waals surface area contributed by atoms with E-state index in [2.05, 4.69) is 4.98 Å². The van der Waals surface area contributed by atoms with Gasteiger partial charge in [0.1, 0.15) is 4.90 Å². The Morgan fingerprint density at radius 2 is 1.82 bits per heavy atom. The van der Waals surface area contributed by atoms with Crippen molar-refractivity contribution in [2.75, 3.05) is 0 Å². The number of hydrogen-bond acceptors (Lipinski definition) is 4. The van der Waals surface area contributed by atoms with Crippen LogP contribution in [-0.2, 0) is 27.7 Å². The maximum atomic E-state index is 12.1. The summed E-state index contributed by atoms with van der Waals surface area (Å²) in [5.41, 5.74) is 1.90. The molecule has 2 aromatic rings. The third-order valence-electron chi connectivity index (χ3n) is 3.03. The molecule has 7 heteroatoms. The average molecular weight is 339 g/mol.